The summed E-state index contributed by atoms with van der Waals surface area (Å²) in [5, 5.41) is 3.22. The van der Waals surface area contributed by atoms with Gasteiger partial charge < -0.3 is 10.1 Å². The maximum atomic E-state index is 12.7. The lowest BCUT2D eigenvalue weighted by molar-refractivity contribution is -0.121. The number of aryl methyl sites for hydroxylation is 2. The van der Waals surface area contributed by atoms with Crippen LogP contribution in [-0.4, -0.2) is 13.0 Å². The third-order valence-electron chi connectivity index (χ3n) is 4.74. The standard InChI is InChI=1S/C24H25NO2/c1-18-8-6-7-11-22(18)24(20-9-4-3-5-10-20)25-23(26)17-14-19-12-15-21(27-2)16-13-19/h3-13,15-16,24H,14,17H2,1-2H3,(H,25,26)/t24-/m1/s1. The van der Waals surface area contributed by atoms with E-state index in [9.17, 15) is 4.79 Å². The molecule has 0 fully saturated rings. The van der Waals surface area contributed by atoms with Gasteiger partial charge in [-0.2, -0.15) is 0 Å². The predicted molar refractivity (Wildman–Crippen MR) is 109 cm³/mol. The summed E-state index contributed by atoms with van der Waals surface area (Å²) in [5.74, 6) is 0.870. The van der Waals surface area contributed by atoms with E-state index in [-0.39, 0.29) is 11.9 Å². The number of hydrogen-bond acceptors (Lipinski definition) is 2. The lowest BCUT2D eigenvalue weighted by atomic mass is 9.94. The second-order valence-electron chi connectivity index (χ2n) is 6.62. The van der Waals surface area contributed by atoms with Crippen LogP contribution in [0.25, 0.3) is 0 Å². The molecule has 3 rings (SSSR count). The molecule has 0 aliphatic carbocycles. The quantitative estimate of drug-likeness (QED) is 0.655. The minimum Gasteiger partial charge on any atom is -0.497 e. The van der Waals surface area contributed by atoms with Crippen LogP contribution in [0.5, 0.6) is 5.75 Å². The van der Waals surface area contributed by atoms with Gasteiger partial charge in [0, 0.05) is 6.42 Å². The summed E-state index contributed by atoms with van der Waals surface area (Å²) >= 11 is 0. The fourth-order valence-electron chi connectivity index (χ4n) is 3.18. The van der Waals surface area contributed by atoms with Crippen molar-refractivity contribution in [3.63, 3.8) is 0 Å². The van der Waals surface area contributed by atoms with Crippen molar-refractivity contribution in [3.05, 3.63) is 101 Å². The number of amides is 1. The molecule has 1 atom stereocenters. The van der Waals surface area contributed by atoms with Gasteiger partial charge in [-0.05, 0) is 47.7 Å². The Bertz CT molecular complexity index is 872. The summed E-state index contributed by atoms with van der Waals surface area (Å²) in [4.78, 5) is 12.7. The SMILES string of the molecule is COc1ccc(CCC(=O)N[C@H](c2ccccc2)c2ccccc2C)cc1. The highest BCUT2D eigenvalue weighted by Crippen LogP contribution is 2.25. The van der Waals surface area contributed by atoms with E-state index in [1.165, 1.54) is 5.56 Å². The molecule has 3 heteroatoms. The maximum Gasteiger partial charge on any atom is 0.221 e. The molecule has 138 valence electrons. The zero-order valence-corrected chi connectivity index (χ0v) is 15.8. The van der Waals surface area contributed by atoms with E-state index >= 15 is 0 Å². The van der Waals surface area contributed by atoms with Crippen molar-refractivity contribution < 1.29 is 9.53 Å². The highest BCUT2D eigenvalue weighted by molar-refractivity contribution is 5.77. The van der Waals surface area contributed by atoms with E-state index in [4.69, 9.17) is 4.74 Å². The molecule has 0 radical (unpaired) electrons. The van der Waals surface area contributed by atoms with E-state index in [1.54, 1.807) is 7.11 Å². The number of carbonyl (C=O) groups excluding carboxylic acids is 1. The number of benzene rings is 3. The number of rotatable bonds is 7. The molecule has 0 spiro atoms. The van der Waals surface area contributed by atoms with Gasteiger partial charge in [-0.1, -0.05) is 66.7 Å². The monoisotopic (exact) mass is 359 g/mol. The average molecular weight is 359 g/mol. The van der Waals surface area contributed by atoms with Crippen molar-refractivity contribution in [1.29, 1.82) is 0 Å². The molecule has 0 saturated heterocycles. The minimum atomic E-state index is -0.143. The molecule has 0 aliphatic rings. The van der Waals surface area contributed by atoms with Gasteiger partial charge >= 0.3 is 0 Å². The molecule has 0 aliphatic heterocycles. The zero-order chi connectivity index (χ0) is 19.1. The van der Waals surface area contributed by atoms with Crippen molar-refractivity contribution in [2.45, 2.75) is 25.8 Å². The molecular weight excluding hydrogens is 334 g/mol. The van der Waals surface area contributed by atoms with E-state index in [1.807, 2.05) is 54.6 Å². The van der Waals surface area contributed by atoms with Gasteiger partial charge in [-0.3, -0.25) is 4.79 Å². The topological polar surface area (TPSA) is 38.3 Å². The van der Waals surface area contributed by atoms with Crippen LogP contribution in [0.3, 0.4) is 0 Å². The fraction of sp³-hybridized carbons (Fsp3) is 0.208. The van der Waals surface area contributed by atoms with Gasteiger partial charge in [0.15, 0.2) is 0 Å². The van der Waals surface area contributed by atoms with E-state index in [2.05, 4.69) is 36.5 Å². The van der Waals surface area contributed by atoms with Gasteiger partial charge in [0.2, 0.25) is 5.91 Å². The normalized spacial score (nSPS) is 11.6. The Hall–Kier alpha value is -3.07. The largest absolute Gasteiger partial charge is 0.497 e. The number of ether oxygens (including phenoxy) is 1. The lowest BCUT2D eigenvalue weighted by Crippen LogP contribution is -2.30. The molecule has 1 amide bonds. The van der Waals surface area contributed by atoms with E-state index in [0.29, 0.717) is 12.8 Å². The summed E-state index contributed by atoms with van der Waals surface area (Å²) < 4.78 is 5.18. The summed E-state index contributed by atoms with van der Waals surface area (Å²) in [5.41, 5.74) is 4.51. The van der Waals surface area contributed by atoms with Gasteiger partial charge in [0.05, 0.1) is 13.2 Å². The van der Waals surface area contributed by atoms with Crippen LogP contribution in [0.15, 0.2) is 78.9 Å². The number of methoxy groups -OCH3 is 1. The van der Waals surface area contributed by atoms with Crippen LogP contribution in [0.1, 0.15) is 34.7 Å². The second-order valence-corrected chi connectivity index (χ2v) is 6.62. The first kappa shape index (κ1) is 18.7. The summed E-state index contributed by atoms with van der Waals surface area (Å²) in [6.07, 6.45) is 1.15. The van der Waals surface area contributed by atoms with Crippen LogP contribution >= 0.6 is 0 Å². The van der Waals surface area contributed by atoms with Crippen LogP contribution in [0.2, 0.25) is 0 Å². The molecule has 0 saturated carbocycles. The van der Waals surface area contributed by atoms with Gasteiger partial charge in [0.25, 0.3) is 0 Å². The highest BCUT2D eigenvalue weighted by atomic mass is 16.5. The molecule has 3 aromatic carbocycles. The molecular formula is C24H25NO2. The minimum absolute atomic E-state index is 0.0444. The summed E-state index contributed by atoms with van der Waals surface area (Å²) in [7, 11) is 1.65. The lowest BCUT2D eigenvalue weighted by Gasteiger charge is -2.21. The smallest absolute Gasteiger partial charge is 0.221 e. The Labute approximate surface area is 161 Å². The van der Waals surface area contributed by atoms with Gasteiger partial charge in [0.1, 0.15) is 5.75 Å². The van der Waals surface area contributed by atoms with Crippen LogP contribution in [0, 0.1) is 6.92 Å². The first-order valence-corrected chi connectivity index (χ1v) is 9.20. The maximum absolute atomic E-state index is 12.7. The van der Waals surface area contributed by atoms with Crippen LogP contribution in [0.4, 0.5) is 0 Å². The molecule has 0 aromatic heterocycles. The molecule has 3 nitrogen and oxygen atoms in total. The molecule has 0 unspecified atom stereocenters. The molecule has 0 heterocycles. The first-order chi connectivity index (χ1) is 13.2. The van der Waals surface area contributed by atoms with Crippen molar-refractivity contribution in [3.8, 4) is 5.75 Å². The van der Waals surface area contributed by atoms with Crippen molar-refractivity contribution in [2.75, 3.05) is 7.11 Å². The Morgan fingerprint density at radius 1 is 0.926 bits per heavy atom. The second kappa shape index (κ2) is 9.04. The van der Waals surface area contributed by atoms with Crippen molar-refractivity contribution >= 4 is 5.91 Å². The number of nitrogens with one attached hydrogen (secondary N) is 1. The third-order valence-corrected chi connectivity index (χ3v) is 4.74. The Kier molecular flexibility index (Phi) is 6.26. The molecule has 3 aromatic rings. The van der Waals surface area contributed by atoms with E-state index in [0.717, 1.165) is 22.4 Å². The molecule has 27 heavy (non-hydrogen) atoms. The average Bonchev–Trinajstić information content (AvgIpc) is 2.72. The summed E-state index contributed by atoms with van der Waals surface area (Å²) in [6, 6.07) is 26.0. The van der Waals surface area contributed by atoms with Crippen LogP contribution < -0.4 is 10.1 Å². The van der Waals surface area contributed by atoms with Crippen molar-refractivity contribution in [2.24, 2.45) is 0 Å². The van der Waals surface area contributed by atoms with Crippen LogP contribution in [-0.2, 0) is 11.2 Å². The molecule has 0 bridgehead atoms. The number of carbonyl (C=O) groups is 1. The Morgan fingerprint density at radius 3 is 2.26 bits per heavy atom. The zero-order valence-electron chi connectivity index (χ0n) is 15.8. The predicted octanol–water partition coefficient (Wildman–Crippen LogP) is 4.84. The Morgan fingerprint density at radius 2 is 1.59 bits per heavy atom. The fourth-order valence-corrected chi connectivity index (χ4v) is 3.18. The van der Waals surface area contributed by atoms with Crippen molar-refractivity contribution in [1.82, 2.24) is 5.32 Å². The van der Waals surface area contributed by atoms with Gasteiger partial charge in [-0.25, -0.2) is 0 Å². The molecule has 1 N–H and O–H groups in total. The highest BCUT2D eigenvalue weighted by Gasteiger charge is 2.18. The van der Waals surface area contributed by atoms with Gasteiger partial charge in [-0.15, -0.1) is 0 Å². The summed E-state index contributed by atoms with van der Waals surface area (Å²) in [6.45, 7) is 2.08. The number of hydrogen-bond donors (Lipinski definition) is 1. The Balaban J connectivity index is 1.72. The van der Waals surface area contributed by atoms with E-state index < -0.39 is 0 Å². The third kappa shape index (κ3) is 4.98. The first-order valence-electron chi connectivity index (χ1n) is 9.20.